The SMILES string of the molecule is Cl.NC(=S)NC(c1ccccc1)c1ccccc1.OC(c1ccccc1)c1ccccc1. The number of rotatable bonds is 5. The second-order valence-corrected chi connectivity index (χ2v) is 7.43. The number of hydrogen-bond donors (Lipinski definition) is 3. The molecule has 0 unspecified atom stereocenters. The third-order valence-electron chi connectivity index (χ3n) is 4.78. The number of aliphatic hydroxyl groups is 1. The molecule has 0 saturated heterocycles. The molecule has 4 rings (SSSR count). The molecule has 0 spiro atoms. The zero-order valence-electron chi connectivity index (χ0n) is 17.5. The van der Waals surface area contributed by atoms with Crippen molar-refractivity contribution in [3.05, 3.63) is 144 Å². The van der Waals surface area contributed by atoms with Gasteiger partial charge in [0.05, 0.1) is 6.04 Å². The first-order chi connectivity index (χ1) is 15.1. The summed E-state index contributed by atoms with van der Waals surface area (Å²) < 4.78 is 0. The minimum Gasteiger partial charge on any atom is -0.384 e. The van der Waals surface area contributed by atoms with Crippen LogP contribution in [0.5, 0.6) is 0 Å². The van der Waals surface area contributed by atoms with Crippen LogP contribution in [0.2, 0.25) is 0 Å². The summed E-state index contributed by atoms with van der Waals surface area (Å²) in [5, 5.41) is 13.4. The molecular weight excluding hydrogens is 436 g/mol. The molecule has 4 aromatic rings. The minimum absolute atomic E-state index is 0. The van der Waals surface area contributed by atoms with Gasteiger partial charge >= 0.3 is 0 Å². The van der Waals surface area contributed by atoms with E-state index in [2.05, 4.69) is 29.6 Å². The van der Waals surface area contributed by atoms with Gasteiger partial charge in [0, 0.05) is 0 Å². The number of thiocarbonyl (C=S) groups is 1. The van der Waals surface area contributed by atoms with E-state index in [0.717, 1.165) is 22.3 Å². The van der Waals surface area contributed by atoms with E-state index in [0.29, 0.717) is 5.11 Å². The first-order valence-corrected chi connectivity index (χ1v) is 10.5. The van der Waals surface area contributed by atoms with Crippen LogP contribution in [0.3, 0.4) is 0 Å². The number of nitrogens with two attached hydrogens (primary N) is 1. The van der Waals surface area contributed by atoms with Crippen molar-refractivity contribution in [2.75, 3.05) is 0 Å². The lowest BCUT2D eigenvalue weighted by molar-refractivity contribution is 0.220. The fourth-order valence-electron chi connectivity index (χ4n) is 3.26. The summed E-state index contributed by atoms with van der Waals surface area (Å²) in [5.41, 5.74) is 9.74. The molecule has 0 radical (unpaired) electrons. The van der Waals surface area contributed by atoms with E-state index in [1.165, 1.54) is 0 Å². The summed E-state index contributed by atoms with van der Waals surface area (Å²) in [6, 6.07) is 39.6. The molecule has 0 aliphatic carbocycles. The summed E-state index contributed by atoms with van der Waals surface area (Å²) >= 11 is 4.94. The Morgan fingerprint density at radius 3 is 1.16 bits per heavy atom. The van der Waals surface area contributed by atoms with E-state index in [9.17, 15) is 5.11 Å². The smallest absolute Gasteiger partial charge is 0.164 e. The molecule has 0 aliphatic rings. The van der Waals surface area contributed by atoms with E-state index in [1.54, 1.807) is 0 Å². The Bertz CT molecular complexity index is 969. The van der Waals surface area contributed by atoms with Gasteiger partial charge in [-0.05, 0) is 34.5 Å². The van der Waals surface area contributed by atoms with Gasteiger partial charge in [0.25, 0.3) is 0 Å². The maximum absolute atomic E-state index is 9.99. The van der Waals surface area contributed by atoms with Crippen LogP contribution in [0.15, 0.2) is 121 Å². The highest BCUT2D eigenvalue weighted by Crippen LogP contribution is 2.22. The molecule has 5 heteroatoms. The molecule has 0 amide bonds. The zero-order valence-corrected chi connectivity index (χ0v) is 19.2. The molecule has 0 aromatic heterocycles. The molecule has 0 heterocycles. The Morgan fingerprint density at radius 2 is 0.875 bits per heavy atom. The lowest BCUT2D eigenvalue weighted by atomic mass is 9.99. The predicted molar refractivity (Wildman–Crippen MR) is 139 cm³/mol. The highest BCUT2D eigenvalue weighted by molar-refractivity contribution is 7.80. The van der Waals surface area contributed by atoms with Gasteiger partial charge in [0.1, 0.15) is 6.10 Å². The number of aliphatic hydroxyl groups excluding tert-OH is 1. The second kappa shape index (κ2) is 13.3. The molecule has 32 heavy (non-hydrogen) atoms. The van der Waals surface area contributed by atoms with Crippen molar-refractivity contribution in [3.63, 3.8) is 0 Å². The van der Waals surface area contributed by atoms with Crippen LogP contribution >= 0.6 is 24.6 Å². The summed E-state index contributed by atoms with van der Waals surface area (Å²) in [7, 11) is 0. The Morgan fingerprint density at radius 1 is 0.594 bits per heavy atom. The van der Waals surface area contributed by atoms with Crippen molar-refractivity contribution in [1.29, 1.82) is 0 Å². The van der Waals surface area contributed by atoms with Crippen molar-refractivity contribution < 1.29 is 5.11 Å². The van der Waals surface area contributed by atoms with E-state index in [-0.39, 0.29) is 18.4 Å². The fourth-order valence-corrected chi connectivity index (χ4v) is 3.37. The molecule has 0 bridgehead atoms. The van der Waals surface area contributed by atoms with Gasteiger partial charge < -0.3 is 16.2 Å². The van der Waals surface area contributed by atoms with E-state index in [4.69, 9.17) is 18.0 Å². The molecular formula is C27H27ClN2OS. The highest BCUT2D eigenvalue weighted by Gasteiger charge is 2.13. The van der Waals surface area contributed by atoms with Gasteiger partial charge in [0.2, 0.25) is 0 Å². The summed E-state index contributed by atoms with van der Waals surface area (Å²) in [5.74, 6) is 0. The van der Waals surface area contributed by atoms with Crippen LogP contribution in [0.4, 0.5) is 0 Å². The average molecular weight is 463 g/mol. The molecule has 3 nitrogen and oxygen atoms in total. The quantitative estimate of drug-likeness (QED) is 0.328. The van der Waals surface area contributed by atoms with Gasteiger partial charge in [-0.25, -0.2) is 0 Å². The van der Waals surface area contributed by atoms with Gasteiger partial charge in [-0.1, -0.05) is 121 Å². The van der Waals surface area contributed by atoms with Gasteiger partial charge in [0.15, 0.2) is 5.11 Å². The fraction of sp³-hybridized carbons (Fsp3) is 0.0741. The number of halogens is 1. The number of hydrogen-bond acceptors (Lipinski definition) is 2. The first-order valence-electron chi connectivity index (χ1n) is 10.1. The van der Waals surface area contributed by atoms with E-state index >= 15 is 0 Å². The average Bonchev–Trinajstić information content (AvgIpc) is 2.84. The van der Waals surface area contributed by atoms with Crippen LogP contribution in [0, 0.1) is 0 Å². The summed E-state index contributed by atoms with van der Waals surface area (Å²) in [4.78, 5) is 0. The van der Waals surface area contributed by atoms with Gasteiger partial charge in [-0.3, -0.25) is 0 Å². The molecule has 0 atom stereocenters. The predicted octanol–water partition coefficient (Wildman–Crippen LogP) is 5.80. The van der Waals surface area contributed by atoms with Crippen LogP contribution in [-0.2, 0) is 0 Å². The zero-order chi connectivity index (χ0) is 21.9. The minimum atomic E-state index is -0.516. The Kier molecular flexibility index (Phi) is 10.4. The third-order valence-corrected chi connectivity index (χ3v) is 4.90. The summed E-state index contributed by atoms with van der Waals surface area (Å²) in [6.45, 7) is 0. The monoisotopic (exact) mass is 462 g/mol. The van der Waals surface area contributed by atoms with Gasteiger partial charge in [-0.2, -0.15) is 0 Å². The second-order valence-electron chi connectivity index (χ2n) is 6.99. The molecule has 164 valence electrons. The molecule has 4 aromatic carbocycles. The maximum atomic E-state index is 9.99. The number of benzene rings is 4. The molecule has 0 saturated carbocycles. The van der Waals surface area contributed by atoms with Crippen molar-refractivity contribution in [1.82, 2.24) is 5.32 Å². The molecule has 4 N–H and O–H groups in total. The Balaban J connectivity index is 0.000000224. The lowest BCUT2D eigenvalue weighted by Crippen LogP contribution is -2.33. The van der Waals surface area contributed by atoms with Crippen LogP contribution in [0.1, 0.15) is 34.4 Å². The summed E-state index contributed by atoms with van der Waals surface area (Å²) in [6.07, 6.45) is -0.516. The number of nitrogens with one attached hydrogen (secondary N) is 1. The van der Waals surface area contributed by atoms with Gasteiger partial charge in [-0.15, -0.1) is 12.4 Å². The lowest BCUT2D eigenvalue weighted by Gasteiger charge is -2.19. The Hall–Kier alpha value is -3.18. The van der Waals surface area contributed by atoms with Crippen LogP contribution in [0.25, 0.3) is 0 Å². The first kappa shape index (κ1) is 25.1. The standard InChI is InChI=1S/C14H14N2S.C13H12O.ClH/c15-14(17)16-13(11-7-3-1-4-8-11)12-9-5-2-6-10-12;14-13(11-7-3-1-4-8-11)12-9-5-2-6-10-12;/h1-10,13H,(H3,15,16,17);1-10,13-14H;1H. The molecule has 0 aliphatic heterocycles. The van der Waals surface area contributed by atoms with Crippen LogP contribution < -0.4 is 11.1 Å². The maximum Gasteiger partial charge on any atom is 0.164 e. The van der Waals surface area contributed by atoms with Crippen molar-refractivity contribution in [2.45, 2.75) is 12.1 Å². The topological polar surface area (TPSA) is 58.3 Å². The van der Waals surface area contributed by atoms with E-state index in [1.807, 2.05) is 97.1 Å². The van der Waals surface area contributed by atoms with Crippen LogP contribution in [-0.4, -0.2) is 10.2 Å². The molecule has 0 fully saturated rings. The van der Waals surface area contributed by atoms with Crippen molar-refractivity contribution >= 4 is 29.7 Å². The van der Waals surface area contributed by atoms with Crippen molar-refractivity contribution in [2.24, 2.45) is 5.73 Å². The van der Waals surface area contributed by atoms with Crippen molar-refractivity contribution in [3.8, 4) is 0 Å². The third kappa shape index (κ3) is 7.50. The van der Waals surface area contributed by atoms with E-state index < -0.39 is 6.10 Å². The highest BCUT2D eigenvalue weighted by atomic mass is 35.5. The largest absolute Gasteiger partial charge is 0.384 e. The normalized spacial score (nSPS) is 9.97. The Labute approximate surface area is 201 Å².